The van der Waals surface area contributed by atoms with Gasteiger partial charge in [-0.1, -0.05) is 51.0 Å². The Balaban J connectivity index is 2.55. The monoisotopic (exact) mass is 368 g/mol. The number of allylic oxidation sites excluding steroid dienone is 3. The van der Waals surface area contributed by atoms with Gasteiger partial charge in [0.2, 0.25) is 0 Å². The number of alkyl halides is 1. The Morgan fingerprint density at radius 1 is 1.35 bits per heavy atom. The second-order valence-corrected chi connectivity index (χ2v) is 7.36. The molecule has 4 nitrogen and oxygen atoms in total. The molecule has 0 radical (unpaired) electrons. The van der Waals surface area contributed by atoms with E-state index in [0.717, 1.165) is 12.8 Å². The number of ketones is 1. The second kappa shape index (κ2) is 12.0. The van der Waals surface area contributed by atoms with E-state index in [1.807, 2.05) is 32.1 Å². The van der Waals surface area contributed by atoms with Crippen molar-refractivity contribution in [1.29, 1.82) is 0 Å². The summed E-state index contributed by atoms with van der Waals surface area (Å²) >= 11 is 0. The highest BCUT2D eigenvalue weighted by Gasteiger charge is 2.37. The van der Waals surface area contributed by atoms with Gasteiger partial charge in [0.1, 0.15) is 18.1 Å². The molecule has 1 saturated carbocycles. The largest absolute Gasteiger partial charge is 0.481 e. The van der Waals surface area contributed by atoms with Crippen LogP contribution in [0.1, 0.15) is 65.2 Å². The van der Waals surface area contributed by atoms with Gasteiger partial charge in [0, 0.05) is 18.8 Å². The summed E-state index contributed by atoms with van der Waals surface area (Å²) in [5.41, 5.74) is 0. The maximum Gasteiger partial charge on any atom is 0.303 e. The Morgan fingerprint density at radius 3 is 2.73 bits per heavy atom. The van der Waals surface area contributed by atoms with Gasteiger partial charge in [0.05, 0.1) is 0 Å². The van der Waals surface area contributed by atoms with Gasteiger partial charge < -0.3 is 10.2 Å². The molecule has 0 aliphatic heterocycles. The van der Waals surface area contributed by atoms with Crippen LogP contribution in [0, 0.1) is 17.8 Å². The van der Waals surface area contributed by atoms with Crippen molar-refractivity contribution in [1.82, 2.24) is 0 Å². The van der Waals surface area contributed by atoms with Gasteiger partial charge in [-0.15, -0.1) is 0 Å². The number of carbonyl (C=O) groups is 2. The third-order valence-electron chi connectivity index (χ3n) is 5.11. The predicted molar refractivity (Wildman–Crippen MR) is 101 cm³/mol. The average molecular weight is 368 g/mol. The Hall–Kier alpha value is -1.49. The summed E-state index contributed by atoms with van der Waals surface area (Å²) < 4.78 is 13.9. The van der Waals surface area contributed by atoms with Crippen LogP contribution in [-0.2, 0) is 9.59 Å². The fourth-order valence-electron chi connectivity index (χ4n) is 3.49. The van der Waals surface area contributed by atoms with Crippen molar-refractivity contribution < 1.29 is 24.2 Å². The molecule has 1 aliphatic carbocycles. The van der Waals surface area contributed by atoms with Crippen LogP contribution in [0.2, 0.25) is 0 Å². The van der Waals surface area contributed by atoms with Crippen LogP contribution in [0.15, 0.2) is 24.3 Å². The molecule has 1 aliphatic rings. The van der Waals surface area contributed by atoms with Crippen LogP contribution >= 0.6 is 0 Å². The quantitative estimate of drug-likeness (QED) is 0.393. The molecule has 5 atom stereocenters. The molecule has 1 rings (SSSR count). The number of aliphatic hydroxyl groups excluding tert-OH is 1. The molecule has 0 spiro atoms. The van der Waals surface area contributed by atoms with Crippen LogP contribution < -0.4 is 0 Å². The van der Waals surface area contributed by atoms with Crippen molar-refractivity contribution in [2.45, 2.75) is 77.5 Å². The zero-order chi connectivity index (χ0) is 19.5. The van der Waals surface area contributed by atoms with Crippen molar-refractivity contribution in [3.05, 3.63) is 24.3 Å². The SMILES string of the molecule is CCCC[C@@H](F)[C@@H](O)/C=C/[C@H]1[C@H](C)CC(=O)[C@@H]1C/C=C\CCCC(=O)O. The fourth-order valence-corrected chi connectivity index (χ4v) is 3.49. The number of aliphatic hydroxyl groups is 1. The lowest BCUT2D eigenvalue weighted by molar-refractivity contribution is -0.137. The molecule has 0 saturated heterocycles. The van der Waals surface area contributed by atoms with Crippen molar-refractivity contribution in [2.75, 3.05) is 0 Å². The summed E-state index contributed by atoms with van der Waals surface area (Å²) in [4.78, 5) is 22.7. The topological polar surface area (TPSA) is 74.6 Å². The molecule has 1 fully saturated rings. The first-order valence-electron chi connectivity index (χ1n) is 9.76. The van der Waals surface area contributed by atoms with E-state index in [4.69, 9.17) is 5.11 Å². The number of carboxylic acid groups (broad SMARTS) is 1. The van der Waals surface area contributed by atoms with Gasteiger partial charge in [-0.25, -0.2) is 4.39 Å². The minimum Gasteiger partial charge on any atom is -0.481 e. The highest BCUT2D eigenvalue weighted by atomic mass is 19.1. The molecular weight excluding hydrogens is 335 g/mol. The van der Waals surface area contributed by atoms with Crippen LogP contribution in [-0.4, -0.2) is 34.2 Å². The number of aliphatic carboxylic acids is 1. The molecule has 148 valence electrons. The van der Waals surface area contributed by atoms with Gasteiger partial charge in [0.15, 0.2) is 0 Å². The van der Waals surface area contributed by atoms with E-state index in [0.29, 0.717) is 32.1 Å². The van der Waals surface area contributed by atoms with Crippen LogP contribution in [0.5, 0.6) is 0 Å². The predicted octanol–water partition coefficient (Wildman–Crippen LogP) is 4.47. The average Bonchev–Trinajstić information content (AvgIpc) is 2.86. The van der Waals surface area contributed by atoms with E-state index in [2.05, 4.69) is 0 Å². The number of carboxylic acids is 1. The third-order valence-corrected chi connectivity index (χ3v) is 5.11. The number of unbranched alkanes of at least 4 members (excludes halogenated alkanes) is 2. The number of rotatable bonds is 12. The minimum absolute atomic E-state index is 0.0131. The molecule has 0 amide bonds. The first-order valence-corrected chi connectivity index (χ1v) is 9.76. The second-order valence-electron chi connectivity index (χ2n) is 7.36. The van der Waals surface area contributed by atoms with Gasteiger partial charge in [-0.3, -0.25) is 9.59 Å². The fraction of sp³-hybridized carbons (Fsp3) is 0.714. The molecule has 0 aromatic carbocycles. The molecule has 0 heterocycles. The summed E-state index contributed by atoms with van der Waals surface area (Å²) in [6.45, 7) is 4.00. The molecule has 5 heteroatoms. The third kappa shape index (κ3) is 7.81. The molecule has 0 aromatic rings. The number of hydrogen-bond acceptors (Lipinski definition) is 3. The number of carbonyl (C=O) groups excluding carboxylic acids is 1. The Labute approximate surface area is 156 Å². The minimum atomic E-state index is -1.26. The molecule has 26 heavy (non-hydrogen) atoms. The van der Waals surface area contributed by atoms with E-state index in [-0.39, 0.29) is 30.0 Å². The van der Waals surface area contributed by atoms with Gasteiger partial charge in [-0.05, 0) is 37.5 Å². The first kappa shape index (κ1) is 22.6. The maximum atomic E-state index is 13.9. The van der Waals surface area contributed by atoms with E-state index in [1.54, 1.807) is 0 Å². The van der Waals surface area contributed by atoms with Gasteiger partial charge in [0.25, 0.3) is 0 Å². The Bertz CT molecular complexity index is 500. The molecule has 0 unspecified atom stereocenters. The standard InChI is InChI=1S/C21H33FO4/c1-3-4-10-18(22)19(23)13-12-16-15(2)14-20(24)17(16)9-7-5-6-8-11-21(25)26/h5,7,12-13,15-19,23H,3-4,6,8-11,14H2,1-2H3,(H,25,26)/b7-5-,13-12+/t15-,16+,17-,18-,19+/m1/s1. The number of hydrogen-bond donors (Lipinski definition) is 2. The molecular formula is C21H33FO4. The molecule has 0 bridgehead atoms. The van der Waals surface area contributed by atoms with E-state index in [9.17, 15) is 19.1 Å². The Morgan fingerprint density at radius 2 is 2.08 bits per heavy atom. The summed E-state index contributed by atoms with van der Waals surface area (Å²) in [7, 11) is 0. The van der Waals surface area contributed by atoms with E-state index >= 15 is 0 Å². The van der Waals surface area contributed by atoms with Crippen LogP contribution in [0.4, 0.5) is 4.39 Å². The zero-order valence-corrected chi connectivity index (χ0v) is 15.9. The smallest absolute Gasteiger partial charge is 0.303 e. The molecule has 2 N–H and O–H groups in total. The number of Topliss-reactive ketones (excluding diaryl/α,β-unsaturated/α-hetero) is 1. The lowest BCUT2D eigenvalue weighted by atomic mass is 9.87. The summed E-state index contributed by atoms with van der Waals surface area (Å²) in [5, 5.41) is 18.6. The van der Waals surface area contributed by atoms with Crippen molar-refractivity contribution >= 4 is 11.8 Å². The van der Waals surface area contributed by atoms with Gasteiger partial charge in [-0.2, -0.15) is 0 Å². The summed E-state index contributed by atoms with van der Waals surface area (Å²) in [6.07, 6.45) is 9.37. The van der Waals surface area contributed by atoms with E-state index < -0.39 is 18.2 Å². The highest BCUT2D eigenvalue weighted by Crippen LogP contribution is 2.37. The molecule has 0 aromatic heterocycles. The number of halogens is 1. The lowest BCUT2D eigenvalue weighted by Crippen LogP contribution is -2.21. The first-order chi connectivity index (χ1) is 12.4. The normalized spacial score (nSPS) is 26.0. The van der Waals surface area contributed by atoms with Crippen molar-refractivity contribution in [2.24, 2.45) is 17.8 Å². The van der Waals surface area contributed by atoms with Crippen molar-refractivity contribution in [3.8, 4) is 0 Å². The van der Waals surface area contributed by atoms with Crippen LogP contribution in [0.3, 0.4) is 0 Å². The van der Waals surface area contributed by atoms with E-state index in [1.165, 1.54) is 6.08 Å². The summed E-state index contributed by atoms with van der Waals surface area (Å²) in [6, 6.07) is 0. The van der Waals surface area contributed by atoms with Gasteiger partial charge >= 0.3 is 5.97 Å². The highest BCUT2D eigenvalue weighted by molar-refractivity contribution is 5.84. The van der Waals surface area contributed by atoms with Crippen LogP contribution in [0.25, 0.3) is 0 Å². The summed E-state index contributed by atoms with van der Waals surface area (Å²) in [5.74, 6) is -0.534. The maximum absolute atomic E-state index is 13.9. The lowest BCUT2D eigenvalue weighted by Gasteiger charge is -2.18. The van der Waals surface area contributed by atoms with Crippen molar-refractivity contribution in [3.63, 3.8) is 0 Å². The zero-order valence-electron chi connectivity index (χ0n) is 15.9. The Kier molecular flexibility index (Phi) is 10.4.